The minimum absolute atomic E-state index is 0.00877. The first-order valence-corrected chi connectivity index (χ1v) is 7.09. The molecule has 5 heteroatoms. The van der Waals surface area contributed by atoms with Crippen molar-refractivity contribution in [3.05, 3.63) is 23.8 Å². The molecule has 3 rings (SSSR count). The van der Waals surface area contributed by atoms with Crippen LogP contribution in [0.2, 0.25) is 0 Å². The minimum atomic E-state index is -0.130. The molecule has 20 heavy (non-hydrogen) atoms. The zero-order chi connectivity index (χ0) is 14.1. The van der Waals surface area contributed by atoms with Crippen molar-refractivity contribution < 1.29 is 14.6 Å². The van der Waals surface area contributed by atoms with Gasteiger partial charge in [0.2, 0.25) is 0 Å². The molecule has 5 nitrogen and oxygen atoms in total. The number of carbonyl (C=O) groups is 1. The zero-order valence-electron chi connectivity index (χ0n) is 11.6. The summed E-state index contributed by atoms with van der Waals surface area (Å²) in [4.78, 5) is 12.2. The fourth-order valence-corrected chi connectivity index (χ4v) is 3.28. The number of phenolic OH excluding ortho intramolecular Hbond substituents is 1. The molecule has 0 saturated carbocycles. The fraction of sp³-hybridized carbons (Fsp3) is 0.533. The summed E-state index contributed by atoms with van der Waals surface area (Å²) in [6, 6.07) is 6.04. The van der Waals surface area contributed by atoms with Crippen molar-refractivity contribution in [2.75, 3.05) is 7.11 Å². The van der Waals surface area contributed by atoms with E-state index in [9.17, 15) is 9.90 Å². The molecule has 1 aromatic rings. The summed E-state index contributed by atoms with van der Waals surface area (Å²) in [7, 11) is 1.49. The smallest absolute Gasteiger partial charge is 0.251 e. The van der Waals surface area contributed by atoms with Gasteiger partial charge in [0.15, 0.2) is 11.5 Å². The predicted octanol–water partition coefficient (Wildman–Crippen LogP) is 1.41. The molecule has 0 spiro atoms. The summed E-state index contributed by atoms with van der Waals surface area (Å²) in [5, 5.41) is 16.3. The van der Waals surface area contributed by atoms with Crippen LogP contribution in [0.25, 0.3) is 0 Å². The van der Waals surface area contributed by atoms with Crippen molar-refractivity contribution in [2.24, 2.45) is 0 Å². The van der Waals surface area contributed by atoms with Crippen LogP contribution in [0.4, 0.5) is 0 Å². The molecule has 2 aliphatic rings. The SMILES string of the molecule is COc1ccc(C(=O)NC2CC3CCC(C2)N3)cc1O. The normalized spacial score (nSPS) is 28.1. The number of nitrogens with one attached hydrogen (secondary N) is 2. The van der Waals surface area contributed by atoms with Gasteiger partial charge in [0, 0.05) is 23.7 Å². The van der Waals surface area contributed by atoms with E-state index in [0.29, 0.717) is 23.4 Å². The van der Waals surface area contributed by atoms with Crippen molar-refractivity contribution in [3.8, 4) is 11.5 Å². The number of rotatable bonds is 3. The number of hydrogen-bond acceptors (Lipinski definition) is 4. The Kier molecular flexibility index (Phi) is 3.53. The van der Waals surface area contributed by atoms with Gasteiger partial charge in [0.05, 0.1) is 7.11 Å². The molecule has 2 heterocycles. The Hall–Kier alpha value is -1.75. The number of fused-ring (bicyclic) bond motifs is 2. The van der Waals surface area contributed by atoms with E-state index in [0.717, 1.165) is 12.8 Å². The molecule has 2 fully saturated rings. The molecule has 1 amide bonds. The molecule has 0 aliphatic carbocycles. The number of carbonyl (C=O) groups excluding carboxylic acids is 1. The van der Waals surface area contributed by atoms with Crippen molar-refractivity contribution in [2.45, 2.75) is 43.8 Å². The van der Waals surface area contributed by atoms with Crippen molar-refractivity contribution in [1.82, 2.24) is 10.6 Å². The molecule has 2 bridgehead atoms. The first-order valence-electron chi connectivity index (χ1n) is 7.09. The Labute approximate surface area is 118 Å². The molecule has 2 saturated heterocycles. The number of aromatic hydroxyl groups is 1. The minimum Gasteiger partial charge on any atom is -0.504 e. The number of hydrogen-bond donors (Lipinski definition) is 3. The third-order valence-corrected chi connectivity index (χ3v) is 4.25. The number of amides is 1. The van der Waals surface area contributed by atoms with E-state index in [4.69, 9.17) is 4.74 Å². The first-order chi connectivity index (χ1) is 9.65. The number of piperidine rings is 1. The largest absolute Gasteiger partial charge is 0.504 e. The fourth-order valence-electron chi connectivity index (χ4n) is 3.28. The van der Waals surface area contributed by atoms with Gasteiger partial charge in [0.1, 0.15) is 0 Å². The van der Waals surface area contributed by atoms with Gasteiger partial charge in [-0.2, -0.15) is 0 Å². The second-order valence-corrected chi connectivity index (χ2v) is 5.67. The van der Waals surface area contributed by atoms with Gasteiger partial charge >= 0.3 is 0 Å². The first kappa shape index (κ1) is 13.2. The monoisotopic (exact) mass is 276 g/mol. The maximum atomic E-state index is 12.2. The molecule has 2 atom stereocenters. The van der Waals surface area contributed by atoms with Crippen molar-refractivity contribution in [1.29, 1.82) is 0 Å². The maximum absolute atomic E-state index is 12.2. The van der Waals surface area contributed by atoms with Crippen LogP contribution in [0.1, 0.15) is 36.0 Å². The van der Waals surface area contributed by atoms with Crippen LogP contribution in [0.5, 0.6) is 11.5 Å². The van der Waals surface area contributed by atoms with Crippen LogP contribution in [0.3, 0.4) is 0 Å². The highest BCUT2D eigenvalue weighted by Gasteiger charge is 2.34. The lowest BCUT2D eigenvalue weighted by atomic mass is 9.99. The average molecular weight is 276 g/mol. The van der Waals surface area contributed by atoms with Gasteiger partial charge in [-0.25, -0.2) is 0 Å². The van der Waals surface area contributed by atoms with Gasteiger partial charge in [-0.05, 0) is 43.9 Å². The summed E-state index contributed by atoms with van der Waals surface area (Å²) < 4.78 is 4.98. The van der Waals surface area contributed by atoms with Crippen LogP contribution in [0.15, 0.2) is 18.2 Å². The number of ether oxygens (including phenoxy) is 1. The molecule has 0 aromatic heterocycles. The van der Waals surface area contributed by atoms with Crippen LogP contribution in [-0.2, 0) is 0 Å². The van der Waals surface area contributed by atoms with E-state index >= 15 is 0 Å². The van der Waals surface area contributed by atoms with Crippen LogP contribution in [0, 0.1) is 0 Å². The van der Waals surface area contributed by atoms with Gasteiger partial charge in [0.25, 0.3) is 5.91 Å². The second kappa shape index (κ2) is 5.32. The molecule has 1 aromatic carbocycles. The number of methoxy groups -OCH3 is 1. The van der Waals surface area contributed by atoms with E-state index < -0.39 is 0 Å². The summed E-state index contributed by atoms with van der Waals surface area (Å²) in [6.07, 6.45) is 4.40. The third kappa shape index (κ3) is 2.58. The molecular formula is C15H20N2O3. The number of benzene rings is 1. The van der Waals surface area contributed by atoms with E-state index in [1.54, 1.807) is 12.1 Å². The summed E-state index contributed by atoms with van der Waals surface area (Å²) >= 11 is 0. The standard InChI is InChI=1S/C15H20N2O3/c1-20-14-5-2-9(6-13(14)18)15(19)17-12-7-10-3-4-11(8-12)16-10/h2,5-6,10-12,16,18H,3-4,7-8H2,1H3,(H,17,19). The second-order valence-electron chi connectivity index (χ2n) is 5.67. The topological polar surface area (TPSA) is 70.6 Å². The van der Waals surface area contributed by atoms with Gasteiger partial charge in [-0.1, -0.05) is 0 Å². The third-order valence-electron chi connectivity index (χ3n) is 4.25. The molecule has 108 valence electrons. The Morgan fingerprint density at radius 3 is 2.65 bits per heavy atom. The Morgan fingerprint density at radius 1 is 1.35 bits per heavy atom. The van der Waals surface area contributed by atoms with Crippen LogP contribution in [-0.4, -0.2) is 36.2 Å². The van der Waals surface area contributed by atoms with Crippen molar-refractivity contribution in [3.63, 3.8) is 0 Å². The number of phenols is 1. The molecule has 0 radical (unpaired) electrons. The van der Waals surface area contributed by atoms with E-state index in [1.165, 1.54) is 26.0 Å². The maximum Gasteiger partial charge on any atom is 0.251 e. The molecule has 3 N–H and O–H groups in total. The predicted molar refractivity (Wildman–Crippen MR) is 75.1 cm³/mol. The van der Waals surface area contributed by atoms with Crippen LogP contribution < -0.4 is 15.4 Å². The molecule has 2 unspecified atom stereocenters. The van der Waals surface area contributed by atoms with Gasteiger partial charge < -0.3 is 20.5 Å². The average Bonchev–Trinajstić information content (AvgIpc) is 2.77. The van der Waals surface area contributed by atoms with E-state index in [1.807, 2.05) is 0 Å². The highest BCUT2D eigenvalue weighted by molar-refractivity contribution is 5.95. The van der Waals surface area contributed by atoms with E-state index in [2.05, 4.69) is 10.6 Å². The highest BCUT2D eigenvalue weighted by Crippen LogP contribution is 2.28. The Morgan fingerprint density at radius 2 is 2.05 bits per heavy atom. The zero-order valence-corrected chi connectivity index (χ0v) is 11.6. The quantitative estimate of drug-likeness (QED) is 0.780. The lowest BCUT2D eigenvalue weighted by Crippen LogP contribution is -2.48. The Balaban J connectivity index is 1.65. The van der Waals surface area contributed by atoms with Crippen molar-refractivity contribution >= 4 is 5.91 Å². The molecule has 2 aliphatic heterocycles. The Bertz CT molecular complexity index is 506. The van der Waals surface area contributed by atoms with Gasteiger partial charge in [-0.3, -0.25) is 4.79 Å². The lowest BCUT2D eigenvalue weighted by Gasteiger charge is -2.29. The summed E-state index contributed by atoms with van der Waals surface area (Å²) in [6.45, 7) is 0. The summed E-state index contributed by atoms with van der Waals surface area (Å²) in [5.74, 6) is 0.237. The molecular weight excluding hydrogens is 256 g/mol. The van der Waals surface area contributed by atoms with Gasteiger partial charge in [-0.15, -0.1) is 0 Å². The lowest BCUT2D eigenvalue weighted by molar-refractivity contribution is 0.0923. The van der Waals surface area contributed by atoms with Crippen LogP contribution >= 0.6 is 0 Å². The van der Waals surface area contributed by atoms with E-state index in [-0.39, 0.29) is 17.7 Å². The highest BCUT2D eigenvalue weighted by atomic mass is 16.5. The summed E-state index contributed by atoms with van der Waals surface area (Å²) in [5.41, 5.74) is 0.467.